The molecule has 1 aliphatic rings. The number of aromatic nitrogens is 3. The van der Waals surface area contributed by atoms with Crippen LogP contribution < -0.4 is 16.0 Å². The van der Waals surface area contributed by atoms with E-state index in [1.165, 1.54) is 0 Å². The molecule has 106 valence electrons. The number of hydrogen-bond donors (Lipinski definition) is 3. The summed E-state index contributed by atoms with van der Waals surface area (Å²) in [7, 11) is 0. The van der Waals surface area contributed by atoms with Crippen LogP contribution in [0.3, 0.4) is 0 Å². The van der Waals surface area contributed by atoms with Crippen molar-refractivity contribution >= 4 is 17.8 Å². The number of rotatable bonds is 5. The smallest absolute Gasteiger partial charge is 0.232 e. The molecule has 0 saturated carbocycles. The van der Waals surface area contributed by atoms with Crippen LogP contribution in [-0.4, -0.2) is 59.0 Å². The third kappa shape index (κ3) is 3.90. The highest BCUT2D eigenvalue weighted by Crippen LogP contribution is 2.14. The number of nitrogen functional groups attached to an aromatic ring is 1. The van der Waals surface area contributed by atoms with Gasteiger partial charge >= 0.3 is 0 Å². The summed E-state index contributed by atoms with van der Waals surface area (Å²) in [5.41, 5.74) is 5.71. The first-order valence-corrected chi connectivity index (χ1v) is 6.40. The van der Waals surface area contributed by atoms with Gasteiger partial charge in [-0.3, -0.25) is 0 Å². The van der Waals surface area contributed by atoms with Crippen LogP contribution in [0.2, 0.25) is 0 Å². The molecule has 0 spiro atoms. The summed E-state index contributed by atoms with van der Waals surface area (Å²) in [6.45, 7) is 4.88. The fourth-order valence-corrected chi connectivity index (χ4v) is 1.84. The van der Waals surface area contributed by atoms with Crippen molar-refractivity contribution in [1.29, 1.82) is 0 Å². The second-order valence-corrected chi connectivity index (χ2v) is 4.47. The fourth-order valence-electron chi connectivity index (χ4n) is 1.84. The zero-order valence-electron chi connectivity index (χ0n) is 11.0. The number of nitrogens with zero attached hydrogens (tertiary/aromatic N) is 4. The van der Waals surface area contributed by atoms with Gasteiger partial charge in [-0.2, -0.15) is 15.0 Å². The van der Waals surface area contributed by atoms with Crippen molar-refractivity contribution in [3.8, 4) is 0 Å². The molecule has 1 atom stereocenters. The van der Waals surface area contributed by atoms with Crippen molar-refractivity contribution in [2.24, 2.45) is 0 Å². The number of aliphatic hydroxyl groups is 1. The van der Waals surface area contributed by atoms with Crippen LogP contribution in [0.15, 0.2) is 0 Å². The van der Waals surface area contributed by atoms with Gasteiger partial charge in [-0.05, 0) is 13.3 Å². The van der Waals surface area contributed by atoms with Gasteiger partial charge in [-0.15, -0.1) is 0 Å². The lowest BCUT2D eigenvalue weighted by molar-refractivity contribution is 0.122. The quantitative estimate of drug-likeness (QED) is 0.654. The van der Waals surface area contributed by atoms with E-state index in [4.69, 9.17) is 15.6 Å². The summed E-state index contributed by atoms with van der Waals surface area (Å²) in [5.74, 6) is 1.19. The molecule has 1 aromatic rings. The lowest BCUT2D eigenvalue weighted by Gasteiger charge is -2.27. The average molecular weight is 268 g/mol. The highest BCUT2D eigenvalue weighted by Gasteiger charge is 2.16. The van der Waals surface area contributed by atoms with E-state index in [9.17, 15) is 0 Å². The molecule has 8 heteroatoms. The predicted octanol–water partition coefficient (Wildman–Crippen LogP) is -0.527. The Morgan fingerprint density at radius 1 is 1.37 bits per heavy atom. The Morgan fingerprint density at radius 2 is 2.11 bits per heavy atom. The topological polar surface area (TPSA) is 109 Å². The van der Waals surface area contributed by atoms with Gasteiger partial charge in [0.05, 0.1) is 13.2 Å². The lowest BCUT2D eigenvalue weighted by Crippen LogP contribution is -2.37. The maximum Gasteiger partial charge on any atom is 0.232 e. The summed E-state index contributed by atoms with van der Waals surface area (Å²) in [6.07, 6.45) is 0.623. The molecule has 4 N–H and O–H groups in total. The first kappa shape index (κ1) is 13.8. The molecule has 2 heterocycles. The van der Waals surface area contributed by atoms with Gasteiger partial charge in [0.1, 0.15) is 0 Å². The van der Waals surface area contributed by atoms with E-state index in [0.29, 0.717) is 31.5 Å². The largest absolute Gasteiger partial charge is 0.396 e. The van der Waals surface area contributed by atoms with E-state index in [1.807, 2.05) is 11.8 Å². The first-order chi connectivity index (χ1) is 9.19. The second kappa shape index (κ2) is 6.48. The third-order valence-corrected chi connectivity index (χ3v) is 2.87. The van der Waals surface area contributed by atoms with Gasteiger partial charge in [0, 0.05) is 25.7 Å². The molecule has 1 saturated heterocycles. The predicted molar refractivity (Wildman–Crippen MR) is 72.1 cm³/mol. The molecule has 1 unspecified atom stereocenters. The number of nitrogens with two attached hydrogens (primary N) is 1. The van der Waals surface area contributed by atoms with Crippen molar-refractivity contribution in [3.63, 3.8) is 0 Å². The Hall–Kier alpha value is -1.67. The van der Waals surface area contributed by atoms with Gasteiger partial charge in [0.15, 0.2) is 0 Å². The van der Waals surface area contributed by atoms with E-state index >= 15 is 0 Å². The number of morpholine rings is 1. The monoisotopic (exact) mass is 268 g/mol. The van der Waals surface area contributed by atoms with Crippen molar-refractivity contribution < 1.29 is 9.84 Å². The summed E-state index contributed by atoms with van der Waals surface area (Å²) in [6, 6.07) is 0.0735. The van der Waals surface area contributed by atoms with Crippen LogP contribution in [-0.2, 0) is 4.74 Å². The van der Waals surface area contributed by atoms with Gasteiger partial charge in [-0.25, -0.2) is 0 Å². The van der Waals surface area contributed by atoms with Crippen molar-refractivity contribution in [2.45, 2.75) is 19.4 Å². The minimum atomic E-state index is 0.0735. The SMILES string of the molecule is CC(CCO)Nc1nc(N)nc(N2CCOCC2)n1. The van der Waals surface area contributed by atoms with Gasteiger partial charge in [-0.1, -0.05) is 0 Å². The molecular weight excluding hydrogens is 248 g/mol. The van der Waals surface area contributed by atoms with E-state index in [2.05, 4.69) is 20.3 Å². The van der Waals surface area contributed by atoms with Gasteiger partial charge in [0.2, 0.25) is 17.8 Å². The van der Waals surface area contributed by atoms with E-state index in [1.54, 1.807) is 0 Å². The molecule has 0 aliphatic carbocycles. The summed E-state index contributed by atoms with van der Waals surface area (Å²) in [4.78, 5) is 14.6. The van der Waals surface area contributed by atoms with Crippen LogP contribution >= 0.6 is 0 Å². The van der Waals surface area contributed by atoms with Crippen LogP contribution in [0.4, 0.5) is 17.8 Å². The van der Waals surface area contributed by atoms with Crippen molar-refractivity contribution in [3.05, 3.63) is 0 Å². The first-order valence-electron chi connectivity index (χ1n) is 6.40. The second-order valence-electron chi connectivity index (χ2n) is 4.47. The molecular formula is C11H20N6O2. The Balaban J connectivity index is 2.09. The van der Waals surface area contributed by atoms with E-state index in [-0.39, 0.29) is 18.6 Å². The van der Waals surface area contributed by atoms with Crippen LogP contribution in [0.25, 0.3) is 0 Å². The number of anilines is 3. The van der Waals surface area contributed by atoms with Crippen molar-refractivity contribution in [2.75, 3.05) is 48.9 Å². The molecule has 8 nitrogen and oxygen atoms in total. The summed E-state index contributed by atoms with van der Waals surface area (Å²) >= 11 is 0. The molecule has 0 amide bonds. The normalized spacial score (nSPS) is 17.3. The Morgan fingerprint density at radius 3 is 2.79 bits per heavy atom. The average Bonchev–Trinajstić information content (AvgIpc) is 2.39. The number of hydrogen-bond acceptors (Lipinski definition) is 8. The van der Waals surface area contributed by atoms with Crippen LogP contribution in [0, 0.1) is 0 Å². The molecule has 19 heavy (non-hydrogen) atoms. The minimum absolute atomic E-state index is 0.0735. The molecule has 1 aliphatic heterocycles. The summed E-state index contributed by atoms with van der Waals surface area (Å²) < 4.78 is 5.29. The number of aliphatic hydroxyl groups excluding tert-OH is 1. The molecule has 1 aromatic heterocycles. The zero-order valence-corrected chi connectivity index (χ0v) is 11.0. The van der Waals surface area contributed by atoms with Gasteiger partial charge in [0.25, 0.3) is 0 Å². The van der Waals surface area contributed by atoms with E-state index in [0.717, 1.165) is 13.1 Å². The van der Waals surface area contributed by atoms with Gasteiger partial charge < -0.3 is 25.8 Å². The van der Waals surface area contributed by atoms with Crippen LogP contribution in [0.1, 0.15) is 13.3 Å². The number of ether oxygens (including phenoxy) is 1. The molecule has 0 radical (unpaired) electrons. The standard InChI is InChI=1S/C11H20N6O2/c1-8(2-5-18)13-10-14-9(12)15-11(16-10)17-3-6-19-7-4-17/h8,18H,2-7H2,1H3,(H3,12,13,14,15,16). The number of nitrogens with one attached hydrogen (secondary N) is 1. The zero-order chi connectivity index (χ0) is 13.7. The lowest BCUT2D eigenvalue weighted by atomic mass is 10.2. The Kier molecular flexibility index (Phi) is 4.69. The highest BCUT2D eigenvalue weighted by atomic mass is 16.5. The molecule has 0 aromatic carbocycles. The molecule has 1 fully saturated rings. The summed E-state index contributed by atoms with van der Waals surface area (Å²) in [5, 5.41) is 12.0. The minimum Gasteiger partial charge on any atom is -0.396 e. The third-order valence-electron chi connectivity index (χ3n) is 2.87. The van der Waals surface area contributed by atoms with E-state index < -0.39 is 0 Å². The van der Waals surface area contributed by atoms with Crippen LogP contribution in [0.5, 0.6) is 0 Å². The fraction of sp³-hybridized carbons (Fsp3) is 0.727. The highest BCUT2D eigenvalue weighted by molar-refractivity contribution is 5.42. The molecule has 0 bridgehead atoms. The Bertz CT molecular complexity index is 410. The van der Waals surface area contributed by atoms with Crippen molar-refractivity contribution in [1.82, 2.24) is 15.0 Å². The maximum absolute atomic E-state index is 8.89. The molecule has 2 rings (SSSR count). The Labute approximate surface area is 112 Å². The maximum atomic E-state index is 8.89.